The Labute approximate surface area is 116 Å². The number of hydrogen-bond acceptors (Lipinski definition) is 5. The number of rotatable bonds is 9. The lowest BCUT2D eigenvalue weighted by molar-refractivity contribution is -0.385. The summed E-state index contributed by atoms with van der Waals surface area (Å²) in [6, 6.07) is 3.94. The van der Waals surface area contributed by atoms with E-state index in [1.807, 2.05) is 0 Å². The maximum absolute atomic E-state index is 10.9. The van der Waals surface area contributed by atoms with E-state index in [2.05, 4.69) is 12.2 Å². The Morgan fingerprint density at radius 2 is 2.20 bits per heavy atom. The molecule has 0 saturated heterocycles. The molecule has 0 saturated carbocycles. The van der Waals surface area contributed by atoms with Gasteiger partial charge in [-0.05, 0) is 18.6 Å². The van der Waals surface area contributed by atoms with Crippen LogP contribution in [0.1, 0.15) is 30.1 Å². The van der Waals surface area contributed by atoms with Crippen molar-refractivity contribution in [2.24, 2.45) is 0 Å². The van der Waals surface area contributed by atoms with Crippen LogP contribution in [0.2, 0.25) is 0 Å². The molecule has 1 aromatic carbocycles. The van der Waals surface area contributed by atoms with Crippen LogP contribution in [0.5, 0.6) is 0 Å². The molecule has 7 heteroatoms. The van der Waals surface area contributed by atoms with E-state index in [1.165, 1.54) is 18.2 Å². The minimum absolute atomic E-state index is 0.320. The number of nitrogens with one attached hydrogen (secondary N) is 1. The lowest BCUT2D eigenvalue weighted by atomic mass is 10.1. The second kappa shape index (κ2) is 8.11. The van der Waals surface area contributed by atoms with Crippen LogP contribution in [0, 0.1) is 10.1 Å². The molecule has 0 atom stereocenters. The molecule has 110 valence electrons. The topological polar surface area (TPSA) is 102 Å². The molecule has 2 N–H and O–H groups in total. The molecule has 0 unspecified atom stereocenters. The van der Waals surface area contributed by atoms with Gasteiger partial charge in [-0.15, -0.1) is 0 Å². The van der Waals surface area contributed by atoms with E-state index < -0.39 is 16.6 Å². The van der Waals surface area contributed by atoms with E-state index >= 15 is 0 Å². The molecule has 7 nitrogen and oxygen atoms in total. The van der Waals surface area contributed by atoms with Crippen LogP contribution >= 0.6 is 0 Å². The summed E-state index contributed by atoms with van der Waals surface area (Å²) in [7, 11) is 0. The average molecular weight is 282 g/mol. The zero-order valence-corrected chi connectivity index (χ0v) is 11.3. The van der Waals surface area contributed by atoms with Crippen LogP contribution < -0.4 is 5.32 Å². The summed E-state index contributed by atoms with van der Waals surface area (Å²) >= 11 is 0. The van der Waals surface area contributed by atoms with Gasteiger partial charge < -0.3 is 15.2 Å². The quantitative estimate of drug-likeness (QED) is 0.410. The van der Waals surface area contributed by atoms with Crippen molar-refractivity contribution in [1.29, 1.82) is 0 Å². The fourth-order valence-electron chi connectivity index (χ4n) is 1.59. The van der Waals surface area contributed by atoms with E-state index in [0.29, 0.717) is 25.4 Å². The molecule has 20 heavy (non-hydrogen) atoms. The Balaban J connectivity index is 2.57. The van der Waals surface area contributed by atoms with Gasteiger partial charge >= 0.3 is 5.97 Å². The number of carbonyl (C=O) groups is 1. The number of carboxylic acids is 1. The van der Waals surface area contributed by atoms with E-state index in [4.69, 9.17) is 9.84 Å². The number of nitro groups is 1. The Kier molecular flexibility index (Phi) is 6.45. The number of nitrogens with zero attached hydrogens (tertiary/aromatic N) is 1. The SMILES string of the molecule is CCCCOCCNc1ccc(C(=O)O)c([N+](=O)[O-])c1. The standard InChI is InChI=1S/C13H18N2O5/c1-2-3-7-20-8-6-14-10-4-5-11(13(16)17)12(9-10)15(18)19/h4-5,9,14H,2-3,6-8H2,1H3,(H,16,17). The van der Waals surface area contributed by atoms with Crippen LogP contribution in [0.25, 0.3) is 0 Å². The Morgan fingerprint density at radius 3 is 2.80 bits per heavy atom. The fourth-order valence-corrected chi connectivity index (χ4v) is 1.59. The molecule has 0 radical (unpaired) electrons. The third kappa shape index (κ3) is 4.85. The molecular weight excluding hydrogens is 264 g/mol. The molecule has 0 amide bonds. The van der Waals surface area contributed by atoms with Gasteiger partial charge in [0.1, 0.15) is 5.56 Å². The summed E-state index contributed by atoms with van der Waals surface area (Å²) in [5.41, 5.74) is -0.241. The van der Waals surface area contributed by atoms with Crippen LogP contribution in [-0.2, 0) is 4.74 Å². The average Bonchev–Trinajstić information content (AvgIpc) is 2.42. The number of aromatic carboxylic acids is 1. The second-order valence-electron chi connectivity index (χ2n) is 4.19. The molecule has 0 spiro atoms. The minimum Gasteiger partial charge on any atom is -0.477 e. The molecule has 1 aromatic rings. The van der Waals surface area contributed by atoms with Crippen molar-refractivity contribution in [2.45, 2.75) is 19.8 Å². The van der Waals surface area contributed by atoms with Gasteiger partial charge in [-0.25, -0.2) is 4.79 Å². The van der Waals surface area contributed by atoms with Crippen molar-refractivity contribution >= 4 is 17.3 Å². The summed E-state index contributed by atoms with van der Waals surface area (Å²) in [6.45, 7) is 3.77. The number of nitro benzene ring substituents is 1. The first-order chi connectivity index (χ1) is 9.56. The van der Waals surface area contributed by atoms with Crippen LogP contribution in [0.4, 0.5) is 11.4 Å². The van der Waals surface area contributed by atoms with Crippen LogP contribution in [0.15, 0.2) is 18.2 Å². The Morgan fingerprint density at radius 1 is 1.45 bits per heavy atom. The first-order valence-corrected chi connectivity index (χ1v) is 6.39. The number of carboxylic acid groups (broad SMARTS) is 1. The second-order valence-corrected chi connectivity index (χ2v) is 4.19. The monoisotopic (exact) mass is 282 g/mol. The molecule has 0 aromatic heterocycles. The zero-order chi connectivity index (χ0) is 15.0. The zero-order valence-electron chi connectivity index (χ0n) is 11.3. The first-order valence-electron chi connectivity index (χ1n) is 6.39. The molecule has 0 heterocycles. The van der Waals surface area contributed by atoms with Crippen LogP contribution in [0.3, 0.4) is 0 Å². The van der Waals surface area contributed by atoms with E-state index in [9.17, 15) is 14.9 Å². The maximum atomic E-state index is 10.9. The summed E-state index contributed by atoms with van der Waals surface area (Å²) in [6.07, 6.45) is 2.06. The fraction of sp³-hybridized carbons (Fsp3) is 0.462. The van der Waals surface area contributed by atoms with Gasteiger partial charge in [0, 0.05) is 24.9 Å². The highest BCUT2D eigenvalue weighted by Crippen LogP contribution is 2.23. The van der Waals surface area contributed by atoms with Crippen molar-refractivity contribution in [1.82, 2.24) is 0 Å². The number of hydrogen-bond donors (Lipinski definition) is 2. The molecule has 0 fully saturated rings. The summed E-state index contributed by atoms with van der Waals surface area (Å²) < 4.78 is 5.34. The minimum atomic E-state index is -1.31. The van der Waals surface area contributed by atoms with Gasteiger partial charge in [-0.2, -0.15) is 0 Å². The highest BCUT2D eigenvalue weighted by molar-refractivity contribution is 5.93. The van der Waals surface area contributed by atoms with Crippen molar-refractivity contribution in [3.63, 3.8) is 0 Å². The number of ether oxygens (including phenoxy) is 1. The van der Waals surface area contributed by atoms with Gasteiger partial charge in [0.25, 0.3) is 5.69 Å². The van der Waals surface area contributed by atoms with E-state index in [1.54, 1.807) is 0 Å². The highest BCUT2D eigenvalue weighted by Gasteiger charge is 2.19. The van der Waals surface area contributed by atoms with Gasteiger partial charge in [-0.1, -0.05) is 13.3 Å². The molecule has 0 aliphatic heterocycles. The molecule has 0 aliphatic rings. The van der Waals surface area contributed by atoms with Crippen molar-refractivity contribution in [3.8, 4) is 0 Å². The number of unbranched alkanes of at least 4 members (excludes halogenated alkanes) is 1. The lowest BCUT2D eigenvalue weighted by Crippen LogP contribution is -2.11. The predicted octanol–water partition coefficient (Wildman–Crippen LogP) is 2.52. The molecular formula is C13H18N2O5. The first kappa shape index (κ1) is 15.9. The maximum Gasteiger partial charge on any atom is 0.342 e. The van der Waals surface area contributed by atoms with E-state index in [-0.39, 0.29) is 5.56 Å². The molecule has 0 bridgehead atoms. The largest absolute Gasteiger partial charge is 0.477 e. The Bertz CT molecular complexity index is 476. The number of anilines is 1. The van der Waals surface area contributed by atoms with Crippen molar-refractivity contribution in [3.05, 3.63) is 33.9 Å². The Hall–Kier alpha value is -2.15. The number of benzene rings is 1. The molecule has 1 rings (SSSR count). The summed E-state index contributed by atoms with van der Waals surface area (Å²) in [5.74, 6) is -1.31. The molecule has 0 aliphatic carbocycles. The van der Waals surface area contributed by atoms with E-state index in [0.717, 1.165) is 12.8 Å². The lowest BCUT2D eigenvalue weighted by Gasteiger charge is -2.08. The van der Waals surface area contributed by atoms with Gasteiger partial charge in [0.15, 0.2) is 0 Å². The van der Waals surface area contributed by atoms with Crippen molar-refractivity contribution < 1.29 is 19.6 Å². The van der Waals surface area contributed by atoms with Gasteiger partial charge in [-0.3, -0.25) is 10.1 Å². The third-order valence-electron chi connectivity index (χ3n) is 2.64. The van der Waals surface area contributed by atoms with Crippen LogP contribution in [-0.4, -0.2) is 35.8 Å². The highest BCUT2D eigenvalue weighted by atomic mass is 16.6. The predicted molar refractivity (Wildman–Crippen MR) is 74.3 cm³/mol. The van der Waals surface area contributed by atoms with Crippen molar-refractivity contribution in [2.75, 3.05) is 25.1 Å². The van der Waals surface area contributed by atoms with Gasteiger partial charge in [0.05, 0.1) is 11.5 Å². The summed E-state index contributed by atoms with van der Waals surface area (Å²) in [5, 5.41) is 22.6. The third-order valence-corrected chi connectivity index (χ3v) is 2.64. The summed E-state index contributed by atoms with van der Waals surface area (Å²) in [4.78, 5) is 21.0. The smallest absolute Gasteiger partial charge is 0.342 e. The normalized spacial score (nSPS) is 10.2. The van der Waals surface area contributed by atoms with Gasteiger partial charge in [0.2, 0.25) is 0 Å².